The van der Waals surface area contributed by atoms with Crippen molar-refractivity contribution < 1.29 is 5.11 Å². The molecule has 0 spiro atoms. The van der Waals surface area contributed by atoms with Crippen LogP contribution < -0.4 is 0 Å². The van der Waals surface area contributed by atoms with Gasteiger partial charge in [0.1, 0.15) is 0 Å². The third-order valence-corrected chi connectivity index (χ3v) is 1.79. The molecule has 1 aliphatic heterocycles. The van der Waals surface area contributed by atoms with Gasteiger partial charge in [0.2, 0.25) is 0 Å². The summed E-state index contributed by atoms with van der Waals surface area (Å²) in [6.45, 7) is 1.51. The minimum Gasteiger partial charge on any atom is -0.392 e. The molecule has 10 heavy (non-hydrogen) atoms. The van der Waals surface area contributed by atoms with E-state index in [1.165, 1.54) is 0 Å². The zero-order valence-electron chi connectivity index (χ0n) is 6.12. The average Bonchev–Trinajstić information content (AvgIpc) is 1.85. The second kappa shape index (κ2) is 3.00. The number of piperidine rings is 1. The smallest absolute Gasteiger partial charge is 0.0680 e. The second-order valence-electron chi connectivity index (χ2n) is 2.94. The van der Waals surface area contributed by atoms with E-state index >= 15 is 0 Å². The SMILES string of the molecule is CN1C[C@@H](O)C[C@H](C#N)C1. The van der Waals surface area contributed by atoms with Crippen molar-refractivity contribution in [1.82, 2.24) is 4.90 Å². The maximum Gasteiger partial charge on any atom is 0.0680 e. The molecule has 0 amide bonds. The maximum absolute atomic E-state index is 9.19. The highest BCUT2D eigenvalue weighted by Crippen LogP contribution is 2.13. The van der Waals surface area contributed by atoms with Crippen LogP contribution in [0.2, 0.25) is 0 Å². The molecule has 56 valence electrons. The fourth-order valence-electron chi connectivity index (χ4n) is 1.38. The Labute approximate surface area is 60.9 Å². The van der Waals surface area contributed by atoms with Crippen molar-refractivity contribution in [3.8, 4) is 6.07 Å². The lowest BCUT2D eigenvalue weighted by Gasteiger charge is -2.29. The Balaban J connectivity index is 2.44. The van der Waals surface area contributed by atoms with Gasteiger partial charge in [-0.25, -0.2) is 0 Å². The molecule has 0 aromatic heterocycles. The third-order valence-electron chi connectivity index (χ3n) is 1.79. The summed E-state index contributed by atoms with van der Waals surface area (Å²) in [5.74, 6) is 0.0220. The number of nitriles is 1. The van der Waals surface area contributed by atoms with Gasteiger partial charge in [-0.15, -0.1) is 0 Å². The molecule has 0 radical (unpaired) electrons. The number of aliphatic hydroxyl groups is 1. The second-order valence-corrected chi connectivity index (χ2v) is 2.94. The number of nitrogens with zero attached hydrogens (tertiary/aromatic N) is 2. The lowest BCUT2D eigenvalue weighted by molar-refractivity contribution is 0.0672. The van der Waals surface area contributed by atoms with E-state index in [2.05, 4.69) is 6.07 Å². The van der Waals surface area contributed by atoms with Gasteiger partial charge in [-0.05, 0) is 13.5 Å². The van der Waals surface area contributed by atoms with Crippen molar-refractivity contribution >= 4 is 0 Å². The van der Waals surface area contributed by atoms with E-state index in [4.69, 9.17) is 5.26 Å². The Kier molecular flexibility index (Phi) is 2.25. The summed E-state index contributed by atoms with van der Waals surface area (Å²) in [5, 5.41) is 17.7. The Hall–Kier alpha value is -0.590. The number of rotatable bonds is 0. The molecule has 0 unspecified atom stereocenters. The van der Waals surface area contributed by atoms with Crippen LogP contribution in [0.4, 0.5) is 0 Å². The molecule has 0 aromatic carbocycles. The van der Waals surface area contributed by atoms with Crippen molar-refractivity contribution in [2.75, 3.05) is 20.1 Å². The number of aliphatic hydroxyl groups excluding tert-OH is 1. The first-order valence-corrected chi connectivity index (χ1v) is 3.48. The first-order valence-electron chi connectivity index (χ1n) is 3.48. The van der Waals surface area contributed by atoms with E-state index in [0.29, 0.717) is 13.0 Å². The molecule has 0 bridgehead atoms. The molecule has 1 fully saturated rings. The fourth-order valence-corrected chi connectivity index (χ4v) is 1.38. The van der Waals surface area contributed by atoms with Crippen LogP contribution in [0.25, 0.3) is 0 Å². The van der Waals surface area contributed by atoms with Crippen LogP contribution >= 0.6 is 0 Å². The molecular formula is C7H12N2O. The molecule has 1 rings (SSSR count). The average molecular weight is 140 g/mol. The zero-order valence-corrected chi connectivity index (χ0v) is 6.12. The largest absolute Gasteiger partial charge is 0.392 e. The maximum atomic E-state index is 9.19. The van der Waals surface area contributed by atoms with Gasteiger partial charge in [-0.3, -0.25) is 0 Å². The van der Waals surface area contributed by atoms with Crippen LogP contribution in [0.15, 0.2) is 0 Å². The van der Waals surface area contributed by atoms with E-state index in [1.54, 1.807) is 0 Å². The van der Waals surface area contributed by atoms with Gasteiger partial charge in [0.15, 0.2) is 0 Å². The molecule has 1 saturated heterocycles. The molecule has 1 heterocycles. The Morgan fingerprint density at radius 3 is 2.80 bits per heavy atom. The lowest BCUT2D eigenvalue weighted by atomic mass is 9.98. The van der Waals surface area contributed by atoms with E-state index in [1.807, 2.05) is 11.9 Å². The molecule has 3 nitrogen and oxygen atoms in total. The lowest BCUT2D eigenvalue weighted by Crippen LogP contribution is -2.40. The third kappa shape index (κ3) is 1.69. The highest BCUT2D eigenvalue weighted by molar-refractivity contribution is 4.90. The molecule has 2 atom stereocenters. The molecule has 0 aromatic rings. The summed E-state index contributed by atoms with van der Waals surface area (Å²) in [7, 11) is 1.92. The molecule has 0 aliphatic carbocycles. The number of hydrogen-bond donors (Lipinski definition) is 1. The van der Waals surface area contributed by atoms with Gasteiger partial charge < -0.3 is 10.0 Å². The highest BCUT2D eigenvalue weighted by Gasteiger charge is 2.22. The van der Waals surface area contributed by atoms with Gasteiger partial charge >= 0.3 is 0 Å². The molecular weight excluding hydrogens is 128 g/mol. The van der Waals surface area contributed by atoms with Crippen LogP contribution in [-0.2, 0) is 0 Å². The summed E-state index contributed by atoms with van der Waals surface area (Å²) < 4.78 is 0. The topological polar surface area (TPSA) is 47.3 Å². The van der Waals surface area contributed by atoms with E-state index in [0.717, 1.165) is 6.54 Å². The Bertz CT molecular complexity index is 142. The van der Waals surface area contributed by atoms with E-state index < -0.39 is 0 Å². The van der Waals surface area contributed by atoms with Gasteiger partial charge in [0.25, 0.3) is 0 Å². The minimum absolute atomic E-state index is 0.0220. The number of likely N-dealkylation sites (N-methyl/N-ethyl adjacent to an activating group) is 1. The number of hydrogen-bond acceptors (Lipinski definition) is 3. The van der Waals surface area contributed by atoms with Crippen molar-refractivity contribution in [3.05, 3.63) is 0 Å². The van der Waals surface area contributed by atoms with Crippen LogP contribution in [-0.4, -0.2) is 36.2 Å². The molecule has 0 saturated carbocycles. The summed E-state index contributed by atoms with van der Waals surface area (Å²) >= 11 is 0. The Morgan fingerprint density at radius 1 is 1.60 bits per heavy atom. The van der Waals surface area contributed by atoms with E-state index in [9.17, 15) is 5.11 Å². The van der Waals surface area contributed by atoms with Crippen LogP contribution in [0, 0.1) is 17.2 Å². The predicted molar refractivity (Wildman–Crippen MR) is 37.2 cm³/mol. The van der Waals surface area contributed by atoms with Crippen molar-refractivity contribution in [3.63, 3.8) is 0 Å². The van der Waals surface area contributed by atoms with Crippen LogP contribution in [0.3, 0.4) is 0 Å². The van der Waals surface area contributed by atoms with Crippen molar-refractivity contribution in [1.29, 1.82) is 5.26 Å². The first-order chi connectivity index (χ1) is 4.72. The standard InChI is InChI=1S/C7H12N2O/c1-9-4-6(3-8)2-7(10)5-9/h6-7,10H,2,4-5H2,1H3/t6-,7+/m1/s1. The molecule has 3 heteroatoms. The van der Waals surface area contributed by atoms with Crippen LogP contribution in [0.1, 0.15) is 6.42 Å². The summed E-state index contributed by atoms with van der Waals surface area (Å²) in [6, 6.07) is 2.16. The monoisotopic (exact) mass is 140 g/mol. The highest BCUT2D eigenvalue weighted by atomic mass is 16.3. The van der Waals surface area contributed by atoms with Gasteiger partial charge in [-0.1, -0.05) is 0 Å². The Morgan fingerprint density at radius 2 is 2.30 bits per heavy atom. The summed E-state index contributed by atoms with van der Waals surface area (Å²) in [5.41, 5.74) is 0. The van der Waals surface area contributed by atoms with Gasteiger partial charge in [0, 0.05) is 13.1 Å². The minimum atomic E-state index is -0.302. The first kappa shape index (κ1) is 7.52. The number of likely N-dealkylation sites (tertiary alicyclic amines) is 1. The normalized spacial score (nSPS) is 35.3. The quantitative estimate of drug-likeness (QED) is 0.508. The zero-order chi connectivity index (χ0) is 7.56. The predicted octanol–water partition coefficient (Wildman–Crippen LogP) is -0.177. The van der Waals surface area contributed by atoms with Crippen molar-refractivity contribution in [2.45, 2.75) is 12.5 Å². The molecule has 1 aliphatic rings. The van der Waals surface area contributed by atoms with Crippen molar-refractivity contribution in [2.24, 2.45) is 5.92 Å². The summed E-state index contributed by atoms with van der Waals surface area (Å²) in [6.07, 6.45) is 0.337. The molecule has 1 N–H and O–H groups in total. The summed E-state index contributed by atoms with van der Waals surface area (Å²) in [4.78, 5) is 1.99. The van der Waals surface area contributed by atoms with Gasteiger partial charge in [0.05, 0.1) is 18.1 Å². The van der Waals surface area contributed by atoms with E-state index in [-0.39, 0.29) is 12.0 Å². The van der Waals surface area contributed by atoms with Gasteiger partial charge in [-0.2, -0.15) is 5.26 Å². The van der Waals surface area contributed by atoms with Crippen LogP contribution in [0.5, 0.6) is 0 Å². The fraction of sp³-hybridized carbons (Fsp3) is 0.857. The number of β-amino-alcohol motifs (C(OH)–C–C–N with tert-alkyl or cyclic N) is 1.